The lowest BCUT2D eigenvalue weighted by Gasteiger charge is -2.10. The van der Waals surface area contributed by atoms with Crippen molar-refractivity contribution in [3.8, 4) is 0 Å². The van der Waals surface area contributed by atoms with Crippen LogP contribution >= 0.6 is 0 Å². The highest BCUT2D eigenvalue weighted by Crippen LogP contribution is 2.30. The van der Waals surface area contributed by atoms with Crippen molar-refractivity contribution in [2.75, 3.05) is 19.8 Å². The highest BCUT2D eigenvalue weighted by molar-refractivity contribution is 5.80. The number of carboxylic acid groups (broad SMARTS) is 1. The number of unbranched alkanes of at least 4 members (excludes halogenated alkanes) is 1. The van der Waals surface area contributed by atoms with Gasteiger partial charge in [0.25, 0.3) is 0 Å². The highest BCUT2D eigenvalue weighted by atomic mass is 16.5. The molecule has 0 radical (unpaired) electrons. The summed E-state index contributed by atoms with van der Waals surface area (Å²) in [6.07, 6.45) is 3.90. The second-order valence-corrected chi connectivity index (χ2v) is 4.80. The third-order valence-corrected chi connectivity index (χ3v) is 3.34. The first kappa shape index (κ1) is 15.0. The second-order valence-electron chi connectivity index (χ2n) is 4.80. The molecule has 0 aliphatic heterocycles. The van der Waals surface area contributed by atoms with Crippen LogP contribution in [0.25, 0.3) is 0 Å². The van der Waals surface area contributed by atoms with Crippen LogP contribution in [-0.2, 0) is 14.3 Å². The van der Waals surface area contributed by atoms with Crippen LogP contribution in [0, 0.1) is 11.8 Å². The molecule has 0 bridgehead atoms. The van der Waals surface area contributed by atoms with Crippen molar-refractivity contribution >= 4 is 11.9 Å². The smallest absolute Gasteiger partial charge is 0.306 e. The van der Waals surface area contributed by atoms with E-state index in [1.807, 2.05) is 0 Å². The molecule has 2 N–H and O–H groups in total. The SMILES string of the molecule is CCCCOCCNC(=O)C1CCC(C(=O)O)C1. The van der Waals surface area contributed by atoms with E-state index in [-0.39, 0.29) is 17.7 Å². The number of aliphatic carboxylic acids is 1. The molecule has 0 aromatic rings. The molecule has 0 spiro atoms. The van der Waals surface area contributed by atoms with Gasteiger partial charge < -0.3 is 15.2 Å². The topological polar surface area (TPSA) is 75.6 Å². The van der Waals surface area contributed by atoms with E-state index in [0.717, 1.165) is 19.4 Å². The maximum Gasteiger partial charge on any atom is 0.306 e. The predicted molar refractivity (Wildman–Crippen MR) is 67.2 cm³/mol. The Morgan fingerprint density at radius 2 is 2.00 bits per heavy atom. The van der Waals surface area contributed by atoms with Gasteiger partial charge in [-0.2, -0.15) is 0 Å². The van der Waals surface area contributed by atoms with Crippen LogP contribution in [0.4, 0.5) is 0 Å². The minimum absolute atomic E-state index is 0.0298. The monoisotopic (exact) mass is 257 g/mol. The van der Waals surface area contributed by atoms with Crippen molar-refractivity contribution in [2.45, 2.75) is 39.0 Å². The van der Waals surface area contributed by atoms with Gasteiger partial charge in [0.05, 0.1) is 12.5 Å². The molecular formula is C13H23NO4. The molecule has 1 amide bonds. The van der Waals surface area contributed by atoms with Gasteiger partial charge in [0.2, 0.25) is 5.91 Å². The van der Waals surface area contributed by atoms with Crippen molar-refractivity contribution in [3.63, 3.8) is 0 Å². The van der Waals surface area contributed by atoms with Gasteiger partial charge in [-0.1, -0.05) is 13.3 Å². The third kappa shape index (κ3) is 5.04. The molecule has 0 saturated heterocycles. The summed E-state index contributed by atoms with van der Waals surface area (Å²) in [6, 6.07) is 0. The van der Waals surface area contributed by atoms with Gasteiger partial charge in [0.15, 0.2) is 0 Å². The molecule has 2 unspecified atom stereocenters. The van der Waals surface area contributed by atoms with Crippen LogP contribution < -0.4 is 5.32 Å². The Morgan fingerprint density at radius 1 is 1.28 bits per heavy atom. The number of hydrogen-bond acceptors (Lipinski definition) is 3. The first-order valence-electron chi connectivity index (χ1n) is 6.73. The Morgan fingerprint density at radius 3 is 2.61 bits per heavy atom. The number of rotatable bonds is 8. The Hall–Kier alpha value is -1.10. The van der Waals surface area contributed by atoms with E-state index in [2.05, 4.69) is 12.2 Å². The minimum Gasteiger partial charge on any atom is -0.481 e. The molecule has 1 saturated carbocycles. The Bertz CT molecular complexity index is 280. The van der Waals surface area contributed by atoms with Gasteiger partial charge in [-0.15, -0.1) is 0 Å². The van der Waals surface area contributed by atoms with E-state index >= 15 is 0 Å². The molecule has 0 heterocycles. The number of nitrogens with one attached hydrogen (secondary N) is 1. The molecule has 1 rings (SSSR count). The quantitative estimate of drug-likeness (QED) is 0.645. The van der Waals surface area contributed by atoms with Gasteiger partial charge in [-0.05, 0) is 25.7 Å². The van der Waals surface area contributed by atoms with Crippen molar-refractivity contribution in [3.05, 3.63) is 0 Å². The summed E-state index contributed by atoms with van der Waals surface area (Å²) >= 11 is 0. The number of carbonyl (C=O) groups is 2. The van der Waals surface area contributed by atoms with Gasteiger partial charge >= 0.3 is 5.97 Å². The van der Waals surface area contributed by atoms with Crippen LogP contribution in [0.3, 0.4) is 0 Å². The van der Waals surface area contributed by atoms with Gasteiger partial charge in [-0.3, -0.25) is 9.59 Å². The minimum atomic E-state index is -0.784. The van der Waals surface area contributed by atoms with Crippen molar-refractivity contribution in [1.82, 2.24) is 5.32 Å². The summed E-state index contributed by atoms with van der Waals surface area (Å²) in [6.45, 7) is 3.87. The predicted octanol–water partition coefficient (Wildman–Crippen LogP) is 1.42. The fraction of sp³-hybridized carbons (Fsp3) is 0.846. The fourth-order valence-electron chi connectivity index (χ4n) is 2.18. The van der Waals surface area contributed by atoms with Crippen LogP contribution in [0.2, 0.25) is 0 Å². The van der Waals surface area contributed by atoms with E-state index in [1.54, 1.807) is 0 Å². The highest BCUT2D eigenvalue weighted by Gasteiger charge is 2.33. The number of hydrogen-bond donors (Lipinski definition) is 2. The van der Waals surface area contributed by atoms with Crippen molar-refractivity contribution in [2.24, 2.45) is 11.8 Å². The zero-order valence-corrected chi connectivity index (χ0v) is 11.0. The number of ether oxygens (including phenoxy) is 1. The summed E-state index contributed by atoms with van der Waals surface area (Å²) in [5.41, 5.74) is 0. The first-order valence-corrected chi connectivity index (χ1v) is 6.73. The maximum absolute atomic E-state index is 11.7. The molecule has 5 heteroatoms. The second kappa shape index (κ2) is 8.08. The lowest BCUT2D eigenvalue weighted by Crippen LogP contribution is -2.32. The molecule has 2 atom stereocenters. The normalized spacial score (nSPS) is 22.9. The van der Waals surface area contributed by atoms with Crippen LogP contribution in [-0.4, -0.2) is 36.7 Å². The van der Waals surface area contributed by atoms with E-state index in [4.69, 9.17) is 9.84 Å². The molecular weight excluding hydrogens is 234 g/mol. The van der Waals surface area contributed by atoms with Crippen LogP contribution in [0.1, 0.15) is 39.0 Å². The van der Waals surface area contributed by atoms with Gasteiger partial charge in [0.1, 0.15) is 0 Å². The van der Waals surface area contributed by atoms with E-state index in [1.165, 1.54) is 0 Å². The summed E-state index contributed by atoms with van der Waals surface area (Å²) in [4.78, 5) is 22.5. The van der Waals surface area contributed by atoms with Gasteiger partial charge in [-0.25, -0.2) is 0 Å². The summed E-state index contributed by atoms with van der Waals surface area (Å²) in [5.74, 6) is -1.30. The molecule has 0 aromatic carbocycles. The summed E-state index contributed by atoms with van der Waals surface area (Å²) in [7, 11) is 0. The third-order valence-electron chi connectivity index (χ3n) is 3.34. The fourth-order valence-corrected chi connectivity index (χ4v) is 2.18. The molecule has 1 aliphatic carbocycles. The molecule has 5 nitrogen and oxygen atoms in total. The number of carboxylic acids is 1. The summed E-state index contributed by atoms with van der Waals surface area (Å²) < 4.78 is 5.34. The lowest BCUT2D eigenvalue weighted by molar-refractivity contribution is -0.141. The average molecular weight is 257 g/mol. The van der Waals surface area contributed by atoms with E-state index in [0.29, 0.717) is 32.4 Å². The zero-order valence-electron chi connectivity index (χ0n) is 11.0. The molecule has 0 aromatic heterocycles. The van der Waals surface area contributed by atoms with E-state index in [9.17, 15) is 9.59 Å². The standard InChI is InChI=1S/C13H23NO4/c1-2-3-7-18-8-6-14-12(15)10-4-5-11(9-10)13(16)17/h10-11H,2-9H2,1H3,(H,14,15)(H,16,17). The molecule has 1 aliphatic rings. The maximum atomic E-state index is 11.7. The Balaban J connectivity index is 2.09. The first-order chi connectivity index (χ1) is 8.65. The van der Waals surface area contributed by atoms with E-state index < -0.39 is 5.97 Å². The largest absolute Gasteiger partial charge is 0.481 e. The van der Waals surface area contributed by atoms with Crippen LogP contribution in [0.15, 0.2) is 0 Å². The van der Waals surface area contributed by atoms with Crippen LogP contribution in [0.5, 0.6) is 0 Å². The molecule has 1 fully saturated rings. The Labute approximate surface area is 108 Å². The zero-order chi connectivity index (χ0) is 13.4. The van der Waals surface area contributed by atoms with Crippen molar-refractivity contribution in [1.29, 1.82) is 0 Å². The number of carbonyl (C=O) groups excluding carboxylic acids is 1. The average Bonchev–Trinajstić information content (AvgIpc) is 2.83. The molecule has 104 valence electrons. The Kier molecular flexibility index (Phi) is 6.72. The summed E-state index contributed by atoms with van der Waals surface area (Å²) in [5, 5.41) is 11.7. The van der Waals surface area contributed by atoms with Crippen molar-refractivity contribution < 1.29 is 19.4 Å². The van der Waals surface area contributed by atoms with Gasteiger partial charge in [0, 0.05) is 19.1 Å². The molecule has 18 heavy (non-hydrogen) atoms. The number of amides is 1. The lowest BCUT2D eigenvalue weighted by atomic mass is 10.0.